The zero-order chi connectivity index (χ0) is 14.1. The molecule has 2 heterocycles. The monoisotopic (exact) mass is 269 g/mol. The number of primary amides is 1. The van der Waals surface area contributed by atoms with E-state index in [0.29, 0.717) is 11.1 Å². The van der Waals surface area contributed by atoms with E-state index >= 15 is 0 Å². The maximum Gasteiger partial charge on any atom is 0.250 e. The van der Waals surface area contributed by atoms with Gasteiger partial charge in [0.05, 0.1) is 22.5 Å². The molecule has 1 saturated heterocycles. The summed E-state index contributed by atoms with van der Waals surface area (Å²) < 4.78 is 0. The second-order valence-electron chi connectivity index (χ2n) is 5.38. The number of carbonyl (C=O) groups is 1. The summed E-state index contributed by atoms with van der Waals surface area (Å²) in [6.07, 6.45) is 3.78. The van der Waals surface area contributed by atoms with E-state index in [1.54, 1.807) is 6.07 Å². The molecule has 0 unspecified atom stereocenters. The van der Waals surface area contributed by atoms with Gasteiger partial charge in [0.15, 0.2) is 0 Å². The van der Waals surface area contributed by atoms with Crippen molar-refractivity contribution in [3.63, 3.8) is 0 Å². The largest absolute Gasteiger partial charge is 0.370 e. The van der Waals surface area contributed by atoms with Crippen LogP contribution in [0.5, 0.6) is 0 Å². The van der Waals surface area contributed by atoms with Crippen molar-refractivity contribution >= 4 is 22.5 Å². The molecule has 20 heavy (non-hydrogen) atoms. The normalized spacial score (nSPS) is 15.6. The fourth-order valence-corrected chi connectivity index (χ4v) is 2.93. The molecule has 0 spiro atoms. The highest BCUT2D eigenvalue weighted by molar-refractivity contribution is 6.05. The van der Waals surface area contributed by atoms with Crippen LogP contribution < -0.4 is 10.6 Å². The van der Waals surface area contributed by atoms with Crippen molar-refractivity contribution in [3.05, 3.63) is 35.5 Å². The summed E-state index contributed by atoms with van der Waals surface area (Å²) in [5, 5.41) is 0.979. The second-order valence-corrected chi connectivity index (χ2v) is 5.38. The minimum absolute atomic E-state index is 0.423. The highest BCUT2D eigenvalue weighted by Crippen LogP contribution is 2.27. The molecule has 1 amide bonds. The number of benzene rings is 1. The fourth-order valence-electron chi connectivity index (χ4n) is 2.93. The number of nitrogens with two attached hydrogens (primary N) is 1. The standard InChI is InChI=1S/C16H19N3O/c1-11-14(19-8-3-2-4-9-19)10-12-6-5-7-13(16(17)20)15(12)18-11/h5-7,10H,2-4,8-9H2,1H3,(H2,17,20). The first kappa shape index (κ1) is 12.9. The first-order valence-corrected chi connectivity index (χ1v) is 7.12. The van der Waals surface area contributed by atoms with Gasteiger partial charge in [-0.2, -0.15) is 0 Å². The zero-order valence-electron chi connectivity index (χ0n) is 11.7. The first-order valence-electron chi connectivity index (χ1n) is 7.12. The van der Waals surface area contributed by atoms with Gasteiger partial charge in [-0.3, -0.25) is 9.78 Å². The number of anilines is 1. The molecular weight excluding hydrogens is 250 g/mol. The Bertz CT molecular complexity index is 660. The van der Waals surface area contributed by atoms with E-state index in [-0.39, 0.29) is 0 Å². The Morgan fingerprint density at radius 2 is 2.00 bits per heavy atom. The molecule has 1 aromatic heterocycles. The smallest absolute Gasteiger partial charge is 0.250 e. The summed E-state index contributed by atoms with van der Waals surface area (Å²) in [6.45, 7) is 4.17. The van der Waals surface area contributed by atoms with Gasteiger partial charge in [-0.05, 0) is 38.3 Å². The number of para-hydroxylation sites is 1. The predicted octanol–water partition coefficient (Wildman–Crippen LogP) is 2.63. The molecule has 4 nitrogen and oxygen atoms in total. The molecular formula is C16H19N3O. The highest BCUT2D eigenvalue weighted by atomic mass is 16.1. The molecule has 1 aliphatic rings. The average molecular weight is 269 g/mol. The molecule has 2 aromatic rings. The average Bonchev–Trinajstić information content (AvgIpc) is 2.46. The molecule has 4 heteroatoms. The number of piperidine rings is 1. The SMILES string of the molecule is Cc1nc2c(C(N)=O)cccc2cc1N1CCCCC1. The van der Waals surface area contributed by atoms with Crippen LogP contribution in [0.25, 0.3) is 10.9 Å². The Morgan fingerprint density at radius 1 is 1.25 bits per heavy atom. The highest BCUT2D eigenvalue weighted by Gasteiger charge is 2.16. The van der Waals surface area contributed by atoms with Crippen LogP contribution in [0.3, 0.4) is 0 Å². The summed E-state index contributed by atoms with van der Waals surface area (Å²) in [7, 11) is 0. The van der Waals surface area contributed by atoms with E-state index in [0.717, 1.165) is 24.2 Å². The molecule has 1 aliphatic heterocycles. The minimum atomic E-state index is -0.423. The van der Waals surface area contributed by atoms with Gasteiger partial charge in [-0.25, -0.2) is 0 Å². The van der Waals surface area contributed by atoms with E-state index < -0.39 is 5.91 Å². The molecule has 2 N–H and O–H groups in total. The van der Waals surface area contributed by atoms with Gasteiger partial charge < -0.3 is 10.6 Å². The van der Waals surface area contributed by atoms with Crippen molar-refractivity contribution in [2.24, 2.45) is 5.73 Å². The zero-order valence-corrected chi connectivity index (χ0v) is 11.7. The summed E-state index contributed by atoms with van der Waals surface area (Å²) in [5.41, 5.74) is 8.77. The van der Waals surface area contributed by atoms with E-state index in [4.69, 9.17) is 5.73 Å². The molecule has 0 atom stereocenters. The van der Waals surface area contributed by atoms with Crippen molar-refractivity contribution in [1.29, 1.82) is 0 Å². The Kier molecular flexibility index (Phi) is 3.30. The van der Waals surface area contributed by atoms with Gasteiger partial charge in [0.25, 0.3) is 5.91 Å². The molecule has 104 valence electrons. The van der Waals surface area contributed by atoms with Crippen molar-refractivity contribution < 1.29 is 4.79 Å². The number of nitrogens with zero attached hydrogens (tertiary/aromatic N) is 2. The summed E-state index contributed by atoms with van der Waals surface area (Å²) >= 11 is 0. The molecule has 0 saturated carbocycles. The first-order chi connectivity index (χ1) is 9.66. The van der Waals surface area contributed by atoms with E-state index in [9.17, 15) is 4.79 Å². The number of rotatable bonds is 2. The van der Waals surface area contributed by atoms with Crippen LogP contribution in [-0.2, 0) is 0 Å². The molecule has 0 bridgehead atoms. The molecule has 1 aromatic carbocycles. The Labute approximate surface area is 118 Å². The van der Waals surface area contributed by atoms with Gasteiger partial charge in [0, 0.05) is 18.5 Å². The topological polar surface area (TPSA) is 59.2 Å². The van der Waals surface area contributed by atoms with Gasteiger partial charge in [-0.15, -0.1) is 0 Å². The maximum absolute atomic E-state index is 11.5. The second kappa shape index (κ2) is 5.12. The van der Waals surface area contributed by atoms with E-state index in [2.05, 4.69) is 16.0 Å². The molecule has 1 fully saturated rings. The number of aromatic nitrogens is 1. The lowest BCUT2D eigenvalue weighted by atomic mass is 10.1. The van der Waals surface area contributed by atoms with Crippen LogP contribution >= 0.6 is 0 Å². The van der Waals surface area contributed by atoms with Crippen LogP contribution in [0.4, 0.5) is 5.69 Å². The van der Waals surface area contributed by atoms with Gasteiger partial charge >= 0.3 is 0 Å². The van der Waals surface area contributed by atoms with Crippen molar-refractivity contribution in [2.75, 3.05) is 18.0 Å². The summed E-state index contributed by atoms with van der Waals surface area (Å²) in [4.78, 5) is 18.5. The van der Waals surface area contributed by atoms with Crippen LogP contribution in [0.2, 0.25) is 0 Å². The predicted molar refractivity (Wildman–Crippen MR) is 81.1 cm³/mol. The number of fused-ring (bicyclic) bond motifs is 1. The van der Waals surface area contributed by atoms with Crippen LogP contribution in [0, 0.1) is 6.92 Å². The number of amides is 1. The number of carbonyl (C=O) groups excluding carboxylic acids is 1. The third-order valence-electron chi connectivity index (χ3n) is 3.97. The Morgan fingerprint density at radius 3 is 2.70 bits per heavy atom. The number of hydrogen-bond donors (Lipinski definition) is 1. The van der Waals surface area contributed by atoms with Crippen LogP contribution in [0.15, 0.2) is 24.3 Å². The van der Waals surface area contributed by atoms with Crippen LogP contribution in [0.1, 0.15) is 35.3 Å². The Hall–Kier alpha value is -2.10. The van der Waals surface area contributed by atoms with Gasteiger partial charge in [0.2, 0.25) is 0 Å². The minimum Gasteiger partial charge on any atom is -0.370 e. The van der Waals surface area contributed by atoms with Crippen LogP contribution in [-0.4, -0.2) is 24.0 Å². The lowest BCUT2D eigenvalue weighted by Crippen LogP contribution is -2.30. The lowest BCUT2D eigenvalue weighted by molar-refractivity contribution is 0.100. The van der Waals surface area contributed by atoms with Gasteiger partial charge in [0.1, 0.15) is 0 Å². The summed E-state index contributed by atoms with van der Waals surface area (Å²) in [6, 6.07) is 7.72. The van der Waals surface area contributed by atoms with Crippen molar-refractivity contribution in [3.8, 4) is 0 Å². The molecule has 0 radical (unpaired) electrons. The third kappa shape index (κ3) is 2.22. The number of hydrogen-bond acceptors (Lipinski definition) is 3. The fraction of sp³-hybridized carbons (Fsp3) is 0.375. The quantitative estimate of drug-likeness (QED) is 0.911. The van der Waals surface area contributed by atoms with Crippen molar-refractivity contribution in [2.45, 2.75) is 26.2 Å². The number of pyridine rings is 1. The maximum atomic E-state index is 11.5. The van der Waals surface area contributed by atoms with Gasteiger partial charge in [-0.1, -0.05) is 12.1 Å². The summed E-state index contributed by atoms with van der Waals surface area (Å²) in [5.74, 6) is -0.423. The molecule has 0 aliphatic carbocycles. The molecule has 3 rings (SSSR count). The third-order valence-corrected chi connectivity index (χ3v) is 3.97. The van der Waals surface area contributed by atoms with E-state index in [1.165, 1.54) is 24.9 Å². The Balaban J connectivity index is 2.12. The lowest BCUT2D eigenvalue weighted by Gasteiger charge is -2.30. The number of aryl methyl sites for hydroxylation is 1. The van der Waals surface area contributed by atoms with Crippen molar-refractivity contribution in [1.82, 2.24) is 4.98 Å². The van der Waals surface area contributed by atoms with E-state index in [1.807, 2.05) is 19.1 Å².